The van der Waals surface area contributed by atoms with Crippen LogP contribution in [-0.4, -0.2) is 28.6 Å². The zero-order valence-corrected chi connectivity index (χ0v) is 18.6. The molecule has 0 fully saturated rings. The molecule has 3 rings (SSSR count). The number of hydrogen-bond acceptors (Lipinski definition) is 6. The summed E-state index contributed by atoms with van der Waals surface area (Å²) in [6, 6.07) is 8.10. The SMILES string of the molecule is Cc1noc(=O)c2ccc(NOCC(O)(CC(C)(C)c3cccc(F)c3Cl)C(F)(F)F)cc12. The first-order chi connectivity index (χ1) is 15.2. The Hall–Kier alpha value is -2.69. The van der Waals surface area contributed by atoms with E-state index in [1.807, 2.05) is 0 Å². The Balaban J connectivity index is 1.81. The van der Waals surface area contributed by atoms with Gasteiger partial charge in [-0.1, -0.05) is 42.7 Å². The summed E-state index contributed by atoms with van der Waals surface area (Å²) in [5.41, 5.74) is -2.20. The predicted molar refractivity (Wildman–Crippen MR) is 115 cm³/mol. The van der Waals surface area contributed by atoms with E-state index >= 15 is 0 Å². The number of aryl methyl sites for hydroxylation is 1. The van der Waals surface area contributed by atoms with E-state index in [2.05, 4.69) is 15.2 Å². The third-order valence-electron chi connectivity index (χ3n) is 5.34. The van der Waals surface area contributed by atoms with Crippen molar-refractivity contribution in [3.05, 3.63) is 68.9 Å². The second kappa shape index (κ2) is 8.92. The molecule has 1 unspecified atom stereocenters. The molecule has 1 atom stereocenters. The van der Waals surface area contributed by atoms with E-state index in [4.69, 9.17) is 16.4 Å². The molecule has 0 saturated heterocycles. The van der Waals surface area contributed by atoms with Crippen LogP contribution in [0.4, 0.5) is 23.2 Å². The lowest BCUT2D eigenvalue weighted by Gasteiger charge is -2.37. The molecule has 178 valence electrons. The Bertz CT molecular complexity index is 1230. The highest BCUT2D eigenvalue weighted by molar-refractivity contribution is 6.31. The average molecular weight is 489 g/mol. The number of aromatic nitrogens is 1. The average Bonchev–Trinajstić information content (AvgIpc) is 2.71. The van der Waals surface area contributed by atoms with E-state index in [0.717, 1.165) is 6.07 Å². The van der Waals surface area contributed by atoms with Gasteiger partial charge in [0, 0.05) is 5.39 Å². The predicted octanol–water partition coefficient (Wildman–Crippen LogP) is 5.29. The van der Waals surface area contributed by atoms with Gasteiger partial charge in [-0.25, -0.2) is 9.18 Å². The number of fused-ring (bicyclic) bond motifs is 1. The van der Waals surface area contributed by atoms with Crippen LogP contribution in [0.15, 0.2) is 45.7 Å². The van der Waals surface area contributed by atoms with Gasteiger partial charge in [0.15, 0.2) is 5.60 Å². The summed E-state index contributed by atoms with van der Waals surface area (Å²) >= 11 is 5.96. The van der Waals surface area contributed by atoms with Gasteiger partial charge in [-0.3, -0.25) is 10.3 Å². The molecule has 0 amide bonds. The molecule has 33 heavy (non-hydrogen) atoms. The first-order valence-corrected chi connectivity index (χ1v) is 10.1. The van der Waals surface area contributed by atoms with E-state index in [0.29, 0.717) is 11.1 Å². The maximum atomic E-state index is 13.8. The van der Waals surface area contributed by atoms with Gasteiger partial charge in [0.25, 0.3) is 0 Å². The number of nitrogens with one attached hydrogen (secondary N) is 1. The number of alkyl halides is 3. The van der Waals surface area contributed by atoms with E-state index < -0.39 is 41.7 Å². The van der Waals surface area contributed by atoms with E-state index in [9.17, 15) is 27.5 Å². The van der Waals surface area contributed by atoms with Crippen molar-refractivity contribution in [2.45, 2.75) is 44.4 Å². The lowest BCUT2D eigenvalue weighted by Crippen LogP contribution is -2.53. The number of aliphatic hydroxyl groups is 1. The molecule has 0 spiro atoms. The molecule has 0 radical (unpaired) electrons. The van der Waals surface area contributed by atoms with Crippen molar-refractivity contribution >= 4 is 28.1 Å². The molecule has 3 aromatic rings. The van der Waals surface area contributed by atoms with Gasteiger partial charge in [-0.15, -0.1) is 0 Å². The maximum Gasteiger partial charge on any atom is 0.419 e. The number of rotatable bonds is 7. The fraction of sp³-hybridized carbons (Fsp3) is 0.364. The van der Waals surface area contributed by atoms with Crippen molar-refractivity contribution in [1.29, 1.82) is 0 Å². The fourth-order valence-corrected chi connectivity index (χ4v) is 4.00. The molecule has 0 aliphatic rings. The van der Waals surface area contributed by atoms with Gasteiger partial charge < -0.3 is 9.63 Å². The van der Waals surface area contributed by atoms with E-state index in [-0.39, 0.29) is 21.7 Å². The second-order valence-corrected chi connectivity index (χ2v) is 8.78. The summed E-state index contributed by atoms with van der Waals surface area (Å²) in [5, 5.41) is 14.5. The van der Waals surface area contributed by atoms with Crippen LogP contribution in [0, 0.1) is 12.7 Å². The second-order valence-electron chi connectivity index (χ2n) is 8.40. The van der Waals surface area contributed by atoms with Crippen molar-refractivity contribution < 1.29 is 32.0 Å². The zero-order chi connectivity index (χ0) is 24.6. The van der Waals surface area contributed by atoms with Crippen LogP contribution in [0.3, 0.4) is 0 Å². The van der Waals surface area contributed by atoms with Crippen molar-refractivity contribution in [3.8, 4) is 0 Å². The minimum absolute atomic E-state index is 0.121. The van der Waals surface area contributed by atoms with E-state index in [1.54, 1.807) is 6.92 Å². The normalized spacial score (nSPS) is 14.3. The third-order valence-corrected chi connectivity index (χ3v) is 5.72. The molecule has 11 heteroatoms. The Morgan fingerprint density at radius 2 is 1.88 bits per heavy atom. The van der Waals surface area contributed by atoms with Gasteiger partial charge >= 0.3 is 11.8 Å². The van der Waals surface area contributed by atoms with Crippen molar-refractivity contribution in [2.24, 2.45) is 0 Å². The molecule has 0 bridgehead atoms. The topological polar surface area (TPSA) is 84.6 Å². The van der Waals surface area contributed by atoms with Gasteiger partial charge in [0.1, 0.15) is 12.4 Å². The van der Waals surface area contributed by atoms with Crippen LogP contribution >= 0.6 is 11.6 Å². The smallest absolute Gasteiger partial charge is 0.379 e. The van der Waals surface area contributed by atoms with Crippen LogP contribution in [0.25, 0.3) is 10.8 Å². The van der Waals surface area contributed by atoms with Crippen LogP contribution in [0.2, 0.25) is 5.02 Å². The number of anilines is 1. The Morgan fingerprint density at radius 3 is 2.55 bits per heavy atom. The summed E-state index contributed by atoms with van der Waals surface area (Å²) < 4.78 is 60.0. The van der Waals surface area contributed by atoms with Gasteiger partial charge in [-0.05, 0) is 48.6 Å². The van der Waals surface area contributed by atoms with Gasteiger partial charge in [0.2, 0.25) is 0 Å². The first kappa shape index (κ1) is 24.9. The molecule has 0 aliphatic carbocycles. The monoisotopic (exact) mass is 488 g/mol. The summed E-state index contributed by atoms with van der Waals surface area (Å²) in [7, 11) is 0. The molecule has 6 nitrogen and oxygen atoms in total. The molecule has 1 heterocycles. The summed E-state index contributed by atoms with van der Waals surface area (Å²) in [5.74, 6) is -0.772. The van der Waals surface area contributed by atoms with Crippen LogP contribution < -0.4 is 11.1 Å². The molecule has 1 aromatic heterocycles. The Labute approximate surface area is 191 Å². The highest BCUT2D eigenvalue weighted by atomic mass is 35.5. The number of hydrogen-bond donors (Lipinski definition) is 2. The van der Waals surface area contributed by atoms with Crippen LogP contribution in [0.5, 0.6) is 0 Å². The lowest BCUT2D eigenvalue weighted by atomic mass is 9.75. The standard InChI is InChI=1S/C22H21ClF4N2O4/c1-12-15-9-13(7-8-14(15)19(30)33-28-12)29-32-11-21(31,22(25,26)27)10-20(2,3)16-5-4-6-17(24)18(16)23/h4-9,29,31H,10-11H2,1-3H3. The maximum absolute atomic E-state index is 13.8. The quantitative estimate of drug-likeness (QED) is 0.347. The Morgan fingerprint density at radius 1 is 1.18 bits per heavy atom. The molecule has 0 aliphatic heterocycles. The lowest BCUT2D eigenvalue weighted by molar-refractivity contribution is -0.279. The molecular weight excluding hydrogens is 468 g/mol. The highest BCUT2D eigenvalue weighted by Crippen LogP contribution is 2.43. The first-order valence-electron chi connectivity index (χ1n) is 9.77. The largest absolute Gasteiger partial charge is 0.419 e. The number of halogens is 5. The van der Waals surface area contributed by atoms with Gasteiger partial charge in [0.05, 0.1) is 21.8 Å². The van der Waals surface area contributed by atoms with Gasteiger partial charge in [-0.2, -0.15) is 13.2 Å². The molecule has 0 saturated carbocycles. The third kappa shape index (κ3) is 5.13. The fourth-order valence-electron chi connectivity index (χ4n) is 3.62. The van der Waals surface area contributed by atoms with Crippen molar-refractivity contribution in [2.75, 3.05) is 12.1 Å². The van der Waals surface area contributed by atoms with Crippen LogP contribution in [-0.2, 0) is 10.3 Å². The van der Waals surface area contributed by atoms with Crippen molar-refractivity contribution in [3.63, 3.8) is 0 Å². The summed E-state index contributed by atoms with van der Waals surface area (Å²) in [4.78, 5) is 16.7. The minimum atomic E-state index is -5.06. The summed E-state index contributed by atoms with van der Waals surface area (Å²) in [6.07, 6.45) is -5.91. The molecule has 2 N–H and O–H groups in total. The van der Waals surface area contributed by atoms with Crippen molar-refractivity contribution in [1.82, 2.24) is 5.16 Å². The zero-order valence-electron chi connectivity index (χ0n) is 17.9. The van der Waals surface area contributed by atoms with E-state index in [1.165, 1.54) is 44.2 Å². The highest BCUT2D eigenvalue weighted by Gasteiger charge is 2.56. The number of benzene rings is 2. The minimum Gasteiger partial charge on any atom is -0.379 e. The summed E-state index contributed by atoms with van der Waals surface area (Å²) in [6.45, 7) is 3.27. The molecular formula is C22H21ClF4N2O4. The van der Waals surface area contributed by atoms with Crippen LogP contribution in [0.1, 0.15) is 31.5 Å². The Kier molecular flexibility index (Phi) is 6.74. The number of nitrogens with zero attached hydrogens (tertiary/aromatic N) is 1. The molecule has 2 aromatic carbocycles.